The second kappa shape index (κ2) is 12.8. The highest BCUT2D eigenvalue weighted by atomic mass is 79.9. The van der Waals surface area contributed by atoms with E-state index in [4.69, 9.17) is 33.0 Å². The van der Waals surface area contributed by atoms with Gasteiger partial charge in [0, 0.05) is 44.8 Å². The second-order valence-electron chi connectivity index (χ2n) is 8.02. The van der Waals surface area contributed by atoms with Crippen molar-refractivity contribution in [1.82, 2.24) is 5.32 Å². The molecule has 1 saturated heterocycles. The van der Waals surface area contributed by atoms with Crippen molar-refractivity contribution in [2.45, 2.75) is 20.0 Å². The van der Waals surface area contributed by atoms with Crippen molar-refractivity contribution in [3.63, 3.8) is 0 Å². The Morgan fingerprint density at radius 1 is 1.14 bits per heavy atom. The molecule has 0 aromatic heterocycles. The minimum absolute atomic E-state index is 0.0628. The number of aliphatic carboxylic acids is 1. The molecule has 1 unspecified atom stereocenters. The molecule has 3 aromatic rings. The molecule has 0 aliphatic carbocycles. The summed E-state index contributed by atoms with van der Waals surface area (Å²) in [5, 5.41) is 12.7. The van der Waals surface area contributed by atoms with E-state index in [1.807, 2.05) is 61.5 Å². The summed E-state index contributed by atoms with van der Waals surface area (Å²) in [5.74, 6) is -0.179. The number of hydrogen-bond acceptors (Lipinski definition) is 3. The molecule has 0 radical (unpaired) electrons. The Hall–Kier alpha value is -2.74. The van der Waals surface area contributed by atoms with Crippen molar-refractivity contribution < 1.29 is 19.4 Å². The molecule has 0 bridgehead atoms. The van der Waals surface area contributed by atoms with E-state index in [9.17, 15) is 9.59 Å². The van der Waals surface area contributed by atoms with Crippen LogP contribution in [-0.4, -0.2) is 30.2 Å². The topological polar surface area (TPSA) is 78.9 Å². The fraction of sp³-hybridized carbons (Fsp3) is 0.231. The average molecular weight is 580 g/mol. The SMILES string of the molecule is Cc1c(Cl)cc(Cl)cc1OCc1ccccc1.O=C(O)CC1CNC(=O)N(c2ccc(Br)cc2)C1. The van der Waals surface area contributed by atoms with Crippen molar-refractivity contribution in [3.8, 4) is 5.75 Å². The number of hydrogen-bond donors (Lipinski definition) is 2. The number of ether oxygens (including phenoxy) is 1. The van der Waals surface area contributed by atoms with Crippen LogP contribution in [0.5, 0.6) is 5.75 Å². The molecule has 3 aromatic carbocycles. The van der Waals surface area contributed by atoms with E-state index in [2.05, 4.69) is 21.2 Å². The zero-order chi connectivity index (χ0) is 25.4. The number of urea groups is 1. The lowest BCUT2D eigenvalue weighted by molar-refractivity contribution is -0.138. The van der Waals surface area contributed by atoms with Crippen LogP contribution in [0.4, 0.5) is 10.5 Å². The molecule has 9 heteroatoms. The second-order valence-corrected chi connectivity index (χ2v) is 9.78. The van der Waals surface area contributed by atoms with Gasteiger partial charge in [0.1, 0.15) is 12.4 Å². The Bertz CT molecular complexity index is 1160. The smallest absolute Gasteiger partial charge is 0.321 e. The van der Waals surface area contributed by atoms with Crippen molar-refractivity contribution in [2.75, 3.05) is 18.0 Å². The van der Waals surface area contributed by atoms with E-state index in [-0.39, 0.29) is 18.4 Å². The first kappa shape index (κ1) is 26.9. The number of amides is 2. The van der Waals surface area contributed by atoms with Gasteiger partial charge in [-0.15, -0.1) is 0 Å². The zero-order valence-electron chi connectivity index (χ0n) is 19.0. The summed E-state index contributed by atoms with van der Waals surface area (Å²) < 4.78 is 6.65. The number of nitrogens with zero attached hydrogens (tertiary/aromatic N) is 1. The van der Waals surface area contributed by atoms with Gasteiger partial charge in [-0.2, -0.15) is 0 Å². The number of carboxylic acids is 1. The quantitative estimate of drug-likeness (QED) is 0.331. The highest BCUT2D eigenvalue weighted by Gasteiger charge is 2.27. The van der Waals surface area contributed by atoms with Crippen LogP contribution in [0.2, 0.25) is 10.0 Å². The highest BCUT2D eigenvalue weighted by molar-refractivity contribution is 9.10. The van der Waals surface area contributed by atoms with Gasteiger partial charge in [-0.3, -0.25) is 9.69 Å². The van der Waals surface area contributed by atoms with Gasteiger partial charge in [0.25, 0.3) is 0 Å². The first-order valence-electron chi connectivity index (χ1n) is 10.9. The molecule has 6 nitrogen and oxygen atoms in total. The van der Waals surface area contributed by atoms with Gasteiger partial charge in [0.05, 0.1) is 6.42 Å². The van der Waals surface area contributed by atoms with Crippen LogP contribution in [0, 0.1) is 12.8 Å². The predicted molar refractivity (Wildman–Crippen MR) is 143 cm³/mol. The molecular formula is C26H25BrCl2N2O4. The molecule has 2 N–H and O–H groups in total. The predicted octanol–water partition coefficient (Wildman–Crippen LogP) is 6.95. The van der Waals surface area contributed by atoms with Gasteiger partial charge < -0.3 is 15.2 Å². The lowest BCUT2D eigenvalue weighted by Gasteiger charge is -2.32. The standard InChI is InChI=1S/C14H12Cl2O.C12H13BrN2O3/c1-10-13(16)7-12(15)8-14(10)17-9-11-5-3-2-4-6-11;13-9-1-3-10(4-2-9)15-7-8(5-11(16)17)6-14-12(15)18/h2-8H,9H2,1H3;1-4,8H,5-7H2,(H,14,18)(H,16,17). The third kappa shape index (κ3) is 8.16. The van der Waals surface area contributed by atoms with Gasteiger partial charge >= 0.3 is 12.0 Å². The number of anilines is 1. The van der Waals surface area contributed by atoms with Crippen molar-refractivity contribution in [2.24, 2.45) is 5.92 Å². The molecule has 35 heavy (non-hydrogen) atoms. The lowest BCUT2D eigenvalue weighted by Crippen LogP contribution is -2.51. The molecule has 4 rings (SSSR count). The maximum atomic E-state index is 11.8. The van der Waals surface area contributed by atoms with E-state index in [1.165, 1.54) is 0 Å². The molecule has 2 amide bonds. The molecular weight excluding hydrogens is 555 g/mol. The highest BCUT2D eigenvalue weighted by Crippen LogP contribution is 2.30. The summed E-state index contributed by atoms with van der Waals surface area (Å²) in [6.07, 6.45) is 0.0628. The van der Waals surface area contributed by atoms with Crippen LogP contribution in [0.3, 0.4) is 0 Å². The molecule has 0 spiro atoms. The summed E-state index contributed by atoms with van der Waals surface area (Å²) in [7, 11) is 0. The average Bonchev–Trinajstić information content (AvgIpc) is 2.83. The third-order valence-corrected chi connectivity index (χ3v) is 6.47. The summed E-state index contributed by atoms with van der Waals surface area (Å²) in [5.41, 5.74) is 2.79. The van der Waals surface area contributed by atoms with Crippen LogP contribution < -0.4 is 15.0 Å². The normalized spacial score (nSPS) is 15.0. The van der Waals surface area contributed by atoms with Crippen molar-refractivity contribution in [1.29, 1.82) is 0 Å². The van der Waals surface area contributed by atoms with Gasteiger partial charge in [-0.25, -0.2) is 4.79 Å². The number of carboxylic acid groups (broad SMARTS) is 1. The van der Waals surface area contributed by atoms with Gasteiger partial charge in [0.15, 0.2) is 0 Å². The minimum atomic E-state index is -0.841. The fourth-order valence-corrected chi connectivity index (χ4v) is 4.21. The van der Waals surface area contributed by atoms with Crippen LogP contribution >= 0.6 is 39.1 Å². The van der Waals surface area contributed by atoms with Crippen LogP contribution in [-0.2, 0) is 11.4 Å². The van der Waals surface area contributed by atoms with Gasteiger partial charge in [0.2, 0.25) is 0 Å². The van der Waals surface area contributed by atoms with Crippen LogP contribution in [0.25, 0.3) is 0 Å². The number of benzene rings is 3. The molecule has 184 valence electrons. The Labute approximate surface area is 222 Å². The Morgan fingerprint density at radius 2 is 1.83 bits per heavy atom. The third-order valence-electron chi connectivity index (χ3n) is 5.33. The van der Waals surface area contributed by atoms with Crippen LogP contribution in [0.1, 0.15) is 17.5 Å². The summed E-state index contributed by atoms with van der Waals surface area (Å²) >= 11 is 15.3. The number of carbonyl (C=O) groups is 2. The summed E-state index contributed by atoms with van der Waals surface area (Å²) in [4.78, 5) is 24.0. The molecule has 1 aliphatic heterocycles. The Kier molecular flexibility index (Phi) is 9.83. The molecule has 0 saturated carbocycles. The number of nitrogens with one attached hydrogen (secondary N) is 1. The van der Waals surface area contributed by atoms with E-state index in [0.29, 0.717) is 29.7 Å². The van der Waals surface area contributed by atoms with E-state index < -0.39 is 5.97 Å². The Morgan fingerprint density at radius 3 is 2.49 bits per heavy atom. The maximum absolute atomic E-state index is 11.8. The van der Waals surface area contributed by atoms with Gasteiger partial charge in [-0.05, 0) is 48.9 Å². The molecule has 1 aliphatic rings. The maximum Gasteiger partial charge on any atom is 0.321 e. The lowest BCUT2D eigenvalue weighted by atomic mass is 10.0. The van der Waals surface area contributed by atoms with Crippen molar-refractivity contribution in [3.05, 3.63) is 92.4 Å². The molecule has 1 atom stereocenters. The van der Waals surface area contributed by atoms with Gasteiger partial charge in [-0.1, -0.05) is 69.5 Å². The molecule has 1 heterocycles. The largest absolute Gasteiger partial charge is 0.489 e. The summed E-state index contributed by atoms with van der Waals surface area (Å²) in [6.45, 7) is 3.27. The summed E-state index contributed by atoms with van der Waals surface area (Å²) in [6, 6.07) is 20.6. The Balaban J connectivity index is 0.000000196. The van der Waals surface area contributed by atoms with E-state index in [1.54, 1.807) is 17.0 Å². The fourth-order valence-electron chi connectivity index (χ4n) is 3.47. The van der Waals surface area contributed by atoms with E-state index >= 15 is 0 Å². The van der Waals surface area contributed by atoms with Crippen LogP contribution in [0.15, 0.2) is 71.2 Å². The number of halogens is 3. The van der Waals surface area contributed by atoms with E-state index in [0.717, 1.165) is 27.0 Å². The first-order chi connectivity index (χ1) is 16.7. The first-order valence-corrected chi connectivity index (χ1v) is 12.4. The molecule has 1 fully saturated rings. The number of carbonyl (C=O) groups excluding carboxylic acids is 1. The zero-order valence-corrected chi connectivity index (χ0v) is 22.1. The van der Waals surface area contributed by atoms with Crippen molar-refractivity contribution >= 4 is 56.8 Å². The number of rotatable bonds is 6. The monoisotopic (exact) mass is 578 g/mol. The minimum Gasteiger partial charge on any atom is -0.489 e.